The van der Waals surface area contributed by atoms with Gasteiger partial charge in [0.2, 0.25) is 11.8 Å². The van der Waals surface area contributed by atoms with Crippen LogP contribution >= 0.6 is 7.67 Å². The zero-order valence-electron chi connectivity index (χ0n) is 29.6. The maximum atomic E-state index is 14.5. The topological polar surface area (TPSA) is 231 Å². The first-order valence-electron chi connectivity index (χ1n) is 16.5. The van der Waals surface area contributed by atoms with Gasteiger partial charge in [0.1, 0.15) is 42.1 Å². The van der Waals surface area contributed by atoms with Crippen molar-refractivity contribution >= 4 is 36.7 Å². The minimum absolute atomic E-state index is 0.0917. The predicted octanol–water partition coefficient (Wildman–Crippen LogP) is 3.12. The highest BCUT2D eigenvalue weighted by Crippen LogP contribution is 2.44. The summed E-state index contributed by atoms with van der Waals surface area (Å²) in [5.74, 6) is -1.54. The van der Waals surface area contributed by atoms with Gasteiger partial charge < -0.3 is 39.4 Å². The third kappa shape index (κ3) is 8.58. The normalized spacial score (nSPS) is 22.7. The maximum Gasteiger partial charge on any atom is 0.342 e. The number of hydrogen-bond donors (Lipinski definition) is 5. The van der Waals surface area contributed by atoms with Crippen LogP contribution in [-0.4, -0.2) is 85.3 Å². The van der Waals surface area contributed by atoms with Crippen LogP contribution in [0.15, 0.2) is 67.0 Å². The molecule has 0 unspecified atom stereocenters. The van der Waals surface area contributed by atoms with Crippen molar-refractivity contribution in [3.63, 3.8) is 0 Å². The van der Waals surface area contributed by atoms with Gasteiger partial charge in [-0.3, -0.25) is 18.7 Å². The molecule has 1 saturated heterocycles. The average molecular weight is 742 g/mol. The van der Waals surface area contributed by atoms with Crippen molar-refractivity contribution in [3.8, 4) is 5.88 Å². The number of aliphatic hydroxyl groups excluding tert-OH is 1. The summed E-state index contributed by atoms with van der Waals surface area (Å²) in [6, 6.07) is 15.7. The summed E-state index contributed by atoms with van der Waals surface area (Å²) < 4.78 is 44.2. The number of rotatable bonds is 15. The molecule has 0 amide bonds. The first-order chi connectivity index (χ1) is 24.6. The molecule has 1 aliphatic rings. The van der Waals surface area contributed by atoms with E-state index in [1.165, 1.54) is 38.8 Å². The average Bonchev–Trinajstić information content (AvgIpc) is 3.63. The molecule has 0 aliphatic carbocycles. The summed E-state index contributed by atoms with van der Waals surface area (Å²) in [6.45, 7) is 6.99. The first kappa shape index (κ1) is 38.7. The van der Waals surface area contributed by atoms with Crippen molar-refractivity contribution in [1.82, 2.24) is 29.7 Å². The summed E-state index contributed by atoms with van der Waals surface area (Å²) in [6.07, 6.45) is -4.08. The number of aromatic nitrogens is 4. The molecule has 0 bridgehead atoms. The van der Waals surface area contributed by atoms with Gasteiger partial charge >= 0.3 is 19.6 Å². The number of methoxy groups -OCH3 is 1. The van der Waals surface area contributed by atoms with Gasteiger partial charge in [-0.1, -0.05) is 60.7 Å². The molecule has 1 fully saturated rings. The first-order valence-corrected chi connectivity index (χ1v) is 18.2. The number of nitrogens with two attached hydrogens (primary N) is 1. The standard InChI is InChI=1S/C34H44N7O10P/c1-19(30(43)49-21(3)23-13-9-7-10-14-23)39-52(46,40-20(2)31(44)50-22(4)24-15-11-8-12-16-24)48-17-25-27(42)34(5,45)32(51-25)41-18-36-26-28(41)37-33(35)38-29(26)47-6/h7-16,18-22,25,27,32,42,45H,17H2,1-6H3,(H2,35,37,38)(H2,39,40,46)/t19-,20-,21-,22-,25+,27+,32+,34+/m0/s1. The number of anilines is 1. The van der Waals surface area contributed by atoms with Gasteiger partial charge in [0.25, 0.3) is 0 Å². The molecule has 52 heavy (non-hydrogen) atoms. The largest absolute Gasteiger partial charge is 0.479 e. The number of ether oxygens (including phenoxy) is 4. The smallest absolute Gasteiger partial charge is 0.342 e. The molecule has 0 radical (unpaired) electrons. The summed E-state index contributed by atoms with van der Waals surface area (Å²) in [4.78, 5) is 38.8. The second-order valence-electron chi connectivity index (χ2n) is 12.6. The lowest BCUT2D eigenvalue weighted by Gasteiger charge is -2.28. The van der Waals surface area contributed by atoms with E-state index in [0.717, 1.165) is 11.1 Å². The van der Waals surface area contributed by atoms with Crippen molar-refractivity contribution in [2.75, 3.05) is 19.5 Å². The van der Waals surface area contributed by atoms with Crippen molar-refractivity contribution in [1.29, 1.82) is 0 Å². The van der Waals surface area contributed by atoms with E-state index < -0.39 is 74.5 Å². The van der Waals surface area contributed by atoms with Gasteiger partial charge in [-0.05, 0) is 45.7 Å². The second-order valence-corrected chi connectivity index (χ2v) is 14.5. The Kier molecular flexibility index (Phi) is 12.0. The van der Waals surface area contributed by atoms with Crippen molar-refractivity contribution in [2.45, 2.75) is 82.9 Å². The predicted molar refractivity (Wildman–Crippen MR) is 187 cm³/mol. The van der Waals surface area contributed by atoms with Crippen LogP contribution < -0.4 is 20.6 Å². The number of nitrogens with one attached hydrogen (secondary N) is 2. The monoisotopic (exact) mass is 741 g/mol. The Hall–Kier alpha value is -4.48. The van der Waals surface area contributed by atoms with Crippen LogP contribution in [0.4, 0.5) is 5.95 Å². The number of carbonyl (C=O) groups is 2. The highest BCUT2D eigenvalue weighted by atomic mass is 31.2. The van der Waals surface area contributed by atoms with Gasteiger partial charge in [-0.2, -0.15) is 9.97 Å². The zero-order valence-corrected chi connectivity index (χ0v) is 30.5. The molecule has 5 rings (SSSR count). The Morgan fingerprint density at radius 3 is 1.98 bits per heavy atom. The lowest BCUT2D eigenvalue weighted by molar-refractivity contribution is -0.150. The van der Waals surface area contributed by atoms with Crippen LogP contribution in [0.25, 0.3) is 11.2 Å². The van der Waals surface area contributed by atoms with E-state index in [0.29, 0.717) is 0 Å². The van der Waals surface area contributed by atoms with Crippen molar-refractivity contribution in [2.24, 2.45) is 0 Å². The summed E-state index contributed by atoms with van der Waals surface area (Å²) in [5.41, 5.74) is 5.78. The van der Waals surface area contributed by atoms with Crippen LogP contribution in [0.5, 0.6) is 5.88 Å². The summed E-state index contributed by atoms with van der Waals surface area (Å²) >= 11 is 0. The lowest BCUT2D eigenvalue weighted by atomic mass is 9.96. The number of imidazole rings is 1. The molecule has 3 heterocycles. The van der Waals surface area contributed by atoms with E-state index in [2.05, 4.69) is 25.1 Å². The lowest BCUT2D eigenvalue weighted by Crippen LogP contribution is -2.45. The third-order valence-electron chi connectivity index (χ3n) is 8.59. The number of hydrogen-bond acceptors (Lipinski definition) is 14. The molecule has 0 spiro atoms. The molecule has 8 atom stereocenters. The van der Waals surface area contributed by atoms with Crippen LogP contribution in [0.1, 0.15) is 64.2 Å². The molecular weight excluding hydrogens is 697 g/mol. The van der Waals surface area contributed by atoms with Gasteiger partial charge in [0, 0.05) is 0 Å². The number of aliphatic hydroxyl groups is 2. The highest BCUT2D eigenvalue weighted by molar-refractivity contribution is 7.54. The second kappa shape index (κ2) is 16.0. The SMILES string of the molecule is COc1nc(N)nc2c1ncn2[C@@H]1O[C@H](COP(=O)(N[C@@H](C)C(=O)O[C@@H](C)c2ccccc2)N[C@@H](C)C(=O)O[C@@H](C)c2ccccc2)[C@@H](O)[C@@]1(C)O. The number of fused-ring (bicyclic) bond motifs is 1. The Morgan fingerprint density at radius 1 is 0.962 bits per heavy atom. The molecule has 280 valence electrons. The number of esters is 2. The molecule has 2 aromatic carbocycles. The minimum atomic E-state index is -4.37. The maximum absolute atomic E-state index is 14.5. The fraction of sp³-hybridized carbons (Fsp3) is 0.441. The van der Waals surface area contributed by atoms with Crippen LogP contribution in [0.3, 0.4) is 0 Å². The Morgan fingerprint density at radius 2 is 1.48 bits per heavy atom. The van der Waals surface area contributed by atoms with Gasteiger partial charge in [0.15, 0.2) is 17.4 Å². The van der Waals surface area contributed by atoms with Crippen LogP contribution in [0.2, 0.25) is 0 Å². The molecule has 6 N–H and O–H groups in total. The van der Waals surface area contributed by atoms with Gasteiger partial charge in [0.05, 0.1) is 20.0 Å². The van der Waals surface area contributed by atoms with E-state index in [4.69, 9.17) is 29.2 Å². The van der Waals surface area contributed by atoms with Crippen LogP contribution in [0, 0.1) is 0 Å². The van der Waals surface area contributed by atoms with Gasteiger partial charge in [-0.25, -0.2) is 15.2 Å². The minimum Gasteiger partial charge on any atom is -0.479 e. The molecule has 18 heteroatoms. The fourth-order valence-corrected chi connectivity index (χ4v) is 7.45. The van der Waals surface area contributed by atoms with Crippen molar-refractivity contribution in [3.05, 3.63) is 78.1 Å². The quantitative estimate of drug-likeness (QED) is 0.0870. The summed E-state index contributed by atoms with van der Waals surface area (Å²) in [7, 11) is -2.99. The van der Waals surface area contributed by atoms with E-state index >= 15 is 0 Å². The molecule has 1 aliphatic heterocycles. The highest BCUT2D eigenvalue weighted by Gasteiger charge is 2.54. The Balaban J connectivity index is 1.34. The number of carbonyl (C=O) groups excluding carboxylic acids is 2. The van der Waals surface area contributed by atoms with E-state index in [-0.39, 0.29) is 23.0 Å². The number of nitrogen functional groups attached to an aromatic ring is 1. The Bertz CT molecular complexity index is 1830. The zero-order chi connectivity index (χ0) is 37.8. The van der Waals surface area contributed by atoms with Crippen LogP contribution in [-0.2, 0) is 32.9 Å². The Labute approximate surface area is 300 Å². The van der Waals surface area contributed by atoms with E-state index in [1.54, 1.807) is 38.1 Å². The molecular formula is C34H44N7O10P. The van der Waals surface area contributed by atoms with Gasteiger partial charge in [-0.15, -0.1) is 0 Å². The van der Waals surface area contributed by atoms with Crippen molar-refractivity contribution < 1.29 is 47.8 Å². The molecule has 2 aromatic heterocycles. The number of nitrogens with zero attached hydrogens (tertiary/aromatic N) is 4. The third-order valence-corrected chi connectivity index (χ3v) is 10.6. The summed E-state index contributed by atoms with van der Waals surface area (Å²) in [5, 5.41) is 27.9. The number of benzene rings is 2. The molecule has 17 nitrogen and oxygen atoms in total. The van der Waals surface area contributed by atoms with E-state index in [9.17, 15) is 24.4 Å². The van der Waals surface area contributed by atoms with E-state index in [1.807, 2.05) is 36.4 Å². The molecule has 4 aromatic rings. The molecule has 0 saturated carbocycles. The fourth-order valence-electron chi connectivity index (χ4n) is 5.64.